The van der Waals surface area contributed by atoms with Crippen LogP contribution in [0.5, 0.6) is 11.6 Å². The van der Waals surface area contributed by atoms with Gasteiger partial charge in [-0.1, -0.05) is 55.4 Å². The summed E-state index contributed by atoms with van der Waals surface area (Å²) in [5.74, 6) is 1.84. The quantitative estimate of drug-likeness (QED) is 0.358. The van der Waals surface area contributed by atoms with Gasteiger partial charge in [0.05, 0.1) is 12.3 Å². The average Bonchev–Trinajstić information content (AvgIpc) is 2.94. The van der Waals surface area contributed by atoms with Gasteiger partial charge < -0.3 is 9.47 Å². The van der Waals surface area contributed by atoms with E-state index in [0.717, 1.165) is 29.7 Å². The Bertz CT molecular complexity index is 1110. The van der Waals surface area contributed by atoms with Crippen LogP contribution in [-0.2, 0) is 4.79 Å². The second-order valence-electron chi connectivity index (χ2n) is 7.33. The summed E-state index contributed by atoms with van der Waals surface area (Å²) in [6, 6.07) is 15.2. The lowest BCUT2D eigenvalue weighted by atomic mass is 10.1. The number of fused-ring (bicyclic) bond motifs is 3. The molecule has 2 aromatic carbocycles. The SMILES string of the molecule is CCCCSc1nnc2c(n1)O[C@H](c1cccc(OCC)c1)N(C(C)=O)c1ccccc1-2. The molecule has 0 spiro atoms. The molecule has 1 atom stereocenters. The summed E-state index contributed by atoms with van der Waals surface area (Å²) in [6.45, 7) is 6.16. The normalized spacial score (nSPS) is 14.7. The van der Waals surface area contributed by atoms with Gasteiger partial charge in [-0.15, -0.1) is 10.2 Å². The first-order chi connectivity index (χ1) is 15.6. The maximum atomic E-state index is 12.9. The summed E-state index contributed by atoms with van der Waals surface area (Å²) in [5, 5.41) is 9.32. The zero-order chi connectivity index (χ0) is 22.5. The number of aromatic nitrogens is 3. The standard InChI is InChI=1S/C24H26N4O3S/c1-4-6-14-32-24-25-22-21(26-27-24)19-12-7-8-13-20(19)28(16(3)29)23(31-22)17-10-9-11-18(15-17)30-5-2/h7-13,15,23H,4-6,14H2,1-3H3/t23-/m1/s1. The molecule has 1 aliphatic rings. The minimum absolute atomic E-state index is 0.150. The molecule has 8 heteroatoms. The van der Waals surface area contributed by atoms with Crippen molar-refractivity contribution >= 4 is 23.4 Å². The molecule has 0 unspecified atom stereocenters. The molecule has 4 rings (SSSR count). The molecule has 1 aliphatic heterocycles. The number of anilines is 1. The van der Waals surface area contributed by atoms with E-state index >= 15 is 0 Å². The molecule has 0 radical (unpaired) electrons. The Hall–Kier alpha value is -3.13. The van der Waals surface area contributed by atoms with E-state index < -0.39 is 6.23 Å². The van der Waals surface area contributed by atoms with Gasteiger partial charge in [0.15, 0.2) is 5.69 Å². The number of para-hydroxylation sites is 1. The van der Waals surface area contributed by atoms with Crippen molar-refractivity contribution in [2.24, 2.45) is 0 Å². The second kappa shape index (κ2) is 9.99. The molecule has 7 nitrogen and oxygen atoms in total. The predicted octanol–water partition coefficient (Wildman–Crippen LogP) is 5.27. The zero-order valence-electron chi connectivity index (χ0n) is 18.4. The Morgan fingerprint density at radius 2 is 2.00 bits per heavy atom. The largest absolute Gasteiger partial charge is 0.494 e. The van der Waals surface area contributed by atoms with Gasteiger partial charge in [-0.2, -0.15) is 4.98 Å². The van der Waals surface area contributed by atoms with E-state index in [0.29, 0.717) is 34.8 Å². The fourth-order valence-electron chi connectivity index (χ4n) is 3.56. The van der Waals surface area contributed by atoms with Gasteiger partial charge in [-0.25, -0.2) is 0 Å². The molecular formula is C24H26N4O3S. The monoisotopic (exact) mass is 450 g/mol. The van der Waals surface area contributed by atoms with Crippen molar-refractivity contribution in [1.82, 2.24) is 15.2 Å². The summed E-state index contributed by atoms with van der Waals surface area (Å²) in [5.41, 5.74) is 2.77. The highest BCUT2D eigenvalue weighted by molar-refractivity contribution is 7.99. The number of hydrogen-bond donors (Lipinski definition) is 0. The Kier molecular flexibility index (Phi) is 6.90. The Balaban J connectivity index is 1.84. The lowest BCUT2D eigenvalue weighted by molar-refractivity contribution is -0.118. The maximum absolute atomic E-state index is 12.9. The topological polar surface area (TPSA) is 77.4 Å². The van der Waals surface area contributed by atoms with Gasteiger partial charge in [0.2, 0.25) is 23.2 Å². The van der Waals surface area contributed by atoms with Crippen molar-refractivity contribution in [3.05, 3.63) is 54.1 Å². The van der Waals surface area contributed by atoms with Crippen LogP contribution in [0.15, 0.2) is 53.7 Å². The minimum Gasteiger partial charge on any atom is -0.494 e. The van der Waals surface area contributed by atoms with E-state index in [1.165, 1.54) is 6.92 Å². The fourth-order valence-corrected chi connectivity index (χ4v) is 4.42. The lowest BCUT2D eigenvalue weighted by Gasteiger charge is -2.30. The number of unbranched alkanes of at least 4 members (excludes halogenated alkanes) is 1. The molecule has 0 N–H and O–H groups in total. The van der Waals surface area contributed by atoms with Crippen LogP contribution in [0.1, 0.15) is 45.4 Å². The van der Waals surface area contributed by atoms with Crippen LogP contribution >= 0.6 is 11.8 Å². The number of nitrogens with zero attached hydrogens (tertiary/aromatic N) is 4. The van der Waals surface area contributed by atoms with Gasteiger partial charge in [0.25, 0.3) is 0 Å². The van der Waals surface area contributed by atoms with Crippen molar-refractivity contribution in [1.29, 1.82) is 0 Å². The molecule has 0 saturated heterocycles. The third kappa shape index (κ3) is 4.55. The lowest BCUT2D eigenvalue weighted by Crippen LogP contribution is -2.36. The van der Waals surface area contributed by atoms with Crippen LogP contribution in [-0.4, -0.2) is 33.4 Å². The van der Waals surface area contributed by atoms with Crippen molar-refractivity contribution in [3.8, 4) is 22.9 Å². The number of thioether (sulfide) groups is 1. The first kappa shape index (κ1) is 22.1. The van der Waals surface area contributed by atoms with Gasteiger partial charge in [-0.05, 0) is 31.5 Å². The van der Waals surface area contributed by atoms with Crippen molar-refractivity contribution in [2.75, 3.05) is 17.3 Å². The minimum atomic E-state index is -0.722. The molecule has 3 aromatic rings. The Morgan fingerprint density at radius 3 is 2.78 bits per heavy atom. The van der Waals surface area contributed by atoms with Gasteiger partial charge >= 0.3 is 0 Å². The second-order valence-corrected chi connectivity index (χ2v) is 8.39. The van der Waals surface area contributed by atoms with Crippen molar-refractivity contribution in [3.63, 3.8) is 0 Å². The summed E-state index contributed by atoms with van der Waals surface area (Å²) >= 11 is 1.55. The molecule has 32 heavy (non-hydrogen) atoms. The number of ether oxygens (including phenoxy) is 2. The van der Waals surface area contributed by atoms with E-state index in [2.05, 4.69) is 22.1 Å². The van der Waals surface area contributed by atoms with Crippen LogP contribution in [0, 0.1) is 0 Å². The molecule has 0 aliphatic carbocycles. The van der Waals surface area contributed by atoms with Crippen LogP contribution < -0.4 is 14.4 Å². The summed E-state index contributed by atoms with van der Waals surface area (Å²) < 4.78 is 12.1. The van der Waals surface area contributed by atoms with Crippen LogP contribution in [0.4, 0.5) is 5.69 Å². The first-order valence-electron chi connectivity index (χ1n) is 10.8. The van der Waals surface area contributed by atoms with Crippen LogP contribution in [0.2, 0.25) is 0 Å². The summed E-state index contributed by atoms with van der Waals surface area (Å²) in [6.07, 6.45) is 1.45. The van der Waals surface area contributed by atoms with Crippen molar-refractivity contribution in [2.45, 2.75) is 45.0 Å². The smallest absolute Gasteiger partial charge is 0.247 e. The number of carbonyl (C=O) groups is 1. The summed E-state index contributed by atoms with van der Waals surface area (Å²) in [4.78, 5) is 19.2. The highest BCUT2D eigenvalue weighted by Gasteiger charge is 2.34. The molecule has 2 heterocycles. The third-order valence-electron chi connectivity index (χ3n) is 5.03. The van der Waals surface area contributed by atoms with E-state index in [9.17, 15) is 4.79 Å². The van der Waals surface area contributed by atoms with Crippen LogP contribution in [0.25, 0.3) is 11.3 Å². The Morgan fingerprint density at radius 1 is 1.16 bits per heavy atom. The molecule has 0 fully saturated rings. The number of rotatable bonds is 7. The molecule has 166 valence electrons. The zero-order valence-corrected chi connectivity index (χ0v) is 19.3. The van der Waals surface area contributed by atoms with Crippen LogP contribution in [0.3, 0.4) is 0 Å². The van der Waals surface area contributed by atoms with Gasteiger partial charge in [0.1, 0.15) is 5.75 Å². The molecular weight excluding hydrogens is 424 g/mol. The third-order valence-corrected chi connectivity index (χ3v) is 5.96. The van der Waals surface area contributed by atoms with E-state index in [1.807, 2.05) is 55.5 Å². The molecule has 0 saturated carbocycles. The predicted molar refractivity (Wildman–Crippen MR) is 125 cm³/mol. The number of hydrogen-bond acceptors (Lipinski definition) is 7. The fraction of sp³-hybridized carbons (Fsp3) is 0.333. The molecule has 0 bridgehead atoms. The molecule has 1 amide bonds. The van der Waals surface area contributed by atoms with Gasteiger partial charge in [-0.3, -0.25) is 9.69 Å². The first-order valence-corrected chi connectivity index (χ1v) is 11.8. The highest BCUT2D eigenvalue weighted by atomic mass is 32.2. The molecule has 1 aromatic heterocycles. The number of benzene rings is 2. The highest BCUT2D eigenvalue weighted by Crippen LogP contribution is 2.43. The Labute approximate surface area is 192 Å². The van der Waals surface area contributed by atoms with E-state index in [-0.39, 0.29) is 5.91 Å². The van der Waals surface area contributed by atoms with Crippen molar-refractivity contribution < 1.29 is 14.3 Å². The van der Waals surface area contributed by atoms with E-state index in [1.54, 1.807) is 16.7 Å². The average molecular weight is 451 g/mol. The number of amides is 1. The van der Waals surface area contributed by atoms with E-state index in [4.69, 9.17) is 9.47 Å². The number of carbonyl (C=O) groups excluding carboxylic acids is 1. The van der Waals surface area contributed by atoms with Gasteiger partial charge in [0, 0.05) is 23.8 Å². The maximum Gasteiger partial charge on any atom is 0.247 e. The summed E-state index contributed by atoms with van der Waals surface area (Å²) in [7, 11) is 0.